The van der Waals surface area contributed by atoms with Gasteiger partial charge >= 0.3 is 0 Å². The Bertz CT molecular complexity index is 632. The van der Waals surface area contributed by atoms with Crippen LogP contribution < -0.4 is 5.32 Å². The van der Waals surface area contributed by atoms with Crippen molar-refractivity contribution in [2.75, 3.05) is 6.54 Å². The van der Waals surface area contributed by atoms with Crippen LogP contribution in [0.4, 0.5) is 0 Å². The molecule has 5 heteroatoms. The minimum absolute atomic E-state index is 0.679. The Morgan fingerprint density at radius 1 is 1.38 bits per heavy atom. The molecule has 0 bridgehead atoms. The molecule has 0 spiro atoms. The van der Waals surface area contributed by atoms with Gasteiger partial charge in [0, 0.05) is 18.4 Å². The third kappa shape index (κ3) is 3.67. The average molecular weight is 283 g/mol. The number of nitrogens with one attached hydrogen (secondary N) is 2. The summed E-state index contributed by atoms with van der Waals surface area (Å²) < 4.78 is 0. The molecule has 5 nitrogen and oxygen atoms in total. The van der Waals surface area contributed by atoms with Crippen molar-refractivity contribution in [2.45, 2.75) is 40.2 Å². The van der Waals surface area contributed by atoms with E-state index in [2.05, 4.69) is 26.6 Å². The first-order chi connectivity index (χ1) is 10.2. The van der Waals surface area contributed by atoms with Crippen LogP contribution >= 0.6 is 0 Å². The van der Waals surface area contributed by atoms with Gasteiger partial charge in [0.15, 0.2) is 0 Å². The van der Waals surface area contributed by atoms with Crippen LogP contribution in [0.3, 0.4) is 0 Å². The molecule has 2 rings (SSSR count). The topological polar surface area (TPSA) is 77.4 Å². The number of rotatable bonds is 6. The SMILES string of the molecule is CCc1ncc(CNCCc2c(C)n[nH]c2C)cc1C#N. The molecule has 2 aromatic heterocycles. The molecule has 0 saturated carbocycles. The van der Waals surface area contributed by atoms with Crippen molar-refractivity contribution in [2.24, 2.45) is 0 Å². The number of nitriles is 1. The van der Waals surface area contributed by atoms with Gasteiger partial charge in [-0.3, -0.25) is 10.1 Å². The Labute approximate surface area is 125 Å². The Balaban J connectivity index is 1.88. The van der Waals surface area contributed by atoms with Crippen LogP contribution in [0, 0.1) is 25.2 Å². The number of hydrogen-bond acceptors (Lipinski definition) is 4. The maximum absolute atomic E-state index is 9.11. The first-order valence-electron chi connectivity index (χ1n) is 7.24. The quantitative estimate of drug-likeness (QED) is 0.797. The summed E-state index contributed by atoms with van der Waals surface area (Å²) in [7, 11) is 0. The van der Waals surface area contributed by atoms with Crippen LogP contribution in [-0.4, -0.2) is 21.7 Å². The monoisotopic (exact) mass is 283 g/mol. The molecule has 110 valence electrons. The fourth-order valence-electron chi connectivity index (χ4n) is 2.40. The predicted octanol–water partition coefficient (Wildman–Crippen LogP) is 2.19. The minimum atomic E-state index is 0.679. The molecular weight excluding hydrogens is 262 g/mol. The lowest BCUT2D eigenvalue weighted by molar-refractivity contribution is 0.682. The van der Waals surface area contributed by atoms with E-state index in [1.165, 1.54) is 5.56 Å². The van der Waals surface area contributed by atoms with Crippen molar-refractivity contribution in [3.63, 3.8) is 0 Å². The minimum Gasteiger partial charge on any atom is -0.312 e. The third-order valence-electron chi connectivity index (χ3n) is 3.64. The summed E-state index contributed by atoms with van der Waals surface area (Å²) in [6, 6.07) is 4.14. The Morgan fingerprint density at radius 2 is 2.19 bits per heavy atom. The molecule has 0 atom stereocenters. The molecular formula is C16H21N5. The van der Waals surface area contributed by atoms with Gasteiger partial charge in [0.1, 0.15) is 6.07 Å². The van der Waals surface area contributed by atoms with E-state index in [0.29, 0.717) is 5.56 Å². The standard InChI is InChI=1S/C16H21N5/c1-4-16-14(8-17)7-13(10-19-16)9-18-6-5-15-11(2)20-21-12(15)3/h7,10,18H,4-6,9H2,1-3H3,(H,20,21). The largest absolute Gasteiger partial charge is 0.312 e. The summed E-state index contributed by atoms with van der Waals surface area (Å²) >= 11 is 0. The van der Waals surface area contributed by atoms with Crippen molar-refractivity contribution in [3.05, 3.63) is 46.0 Å². The van der Waals surface area contributed by atoms with Crippen LogP contribution in [0.5, 0.6) is 0 Å². The molecule has 0 aromatic carbocycles. The molecule has 2 aromatic rings. The molecule has 2 N–H and O–H groups in total. The van der Waals surface area contributed by atoms with Crippen molar-refractivity contribution in [1.29, 1.82) is 5.26 Å². The van der Waals surface area contributed by atoms with Gasteiger partial charge in [0.2, 0.25) is 0 Å². The summed E-state index contributed by atoms with van der Waals surface area (Å²) in [5.74, 6) is 0. The molecule has 0 aliphatic rings. The lowest BCUT2D eigenvalue weighted by atomic mass is 10.1. The number of aromatic amines is 1. The van der Waals surface area contributed by atoms with Gasteiger partial charge in [0.25, 0.3) is 0 Å². The van der Waals surface area contributed by atoms with Crippen molar-refractivity contribution in [1.82, 2.24) is 20.5 Å². The highest BCUT2D eigenvalue weighted by molar-refractivity contribution is 5.35. The van der Waals surface area contributed by atoms with Gasteiger partial charge < -0.3 is 5.32 Å². The first-order valence-corrected chi connectivity index (χ1v) is 7.24. The van der Waals surface area contributed by atoms with Gasteiger partial charge in [-0.2, -0.15) is 10.4 Å². The van der Waals surface area contributed by atoms with Gasteiger partial charge in [-0.05, 0) is 50.4 Å². The van der Waals surface area contributed by atoms with E-state index in [1.54, 1.807) is 0 Å². The van der Waals surface area contributed by atoms with Crippen LogP contribution in [0.25, 0.3) is 0 Å². The number of aryl methyl sites for hydroxylation is 3. The maximum Gasteiger partial charge on any atom is 0.101 e. The van der Waals surface area contributed by atoms with E-state index in [9.17, 15) is 0 Å². The predicted molar refractivity (Wildman–Crippen MR) is 81.8 cm³/mol. The second-order valence-corrected chi connectivity index (χ2v) is 5.14. The van der Waals surface area contributed by atoms with Crippen molar-refractivity contribution < 1.29 is 0 Å². The zero-order valence-corrected chi connectivity index (χ0v) is 12.8. The van der Waals surface area contributed by atoms with E-state index in [4.69, 9.17) is 5.26 Å². The number of aromatic nitrogens is 3. The van der Waals surface area contributed by atoms with Gasteiger partial charge in [-0.25, -0.2) is 0 Å². The van der Waals surface area contributed by atoms with E-state index in [0.717, 1.165) is 48.6 Å². The van der Waals surface area contributed by atoms with E-state index in [-0.39, 0.29) is 0 Å². The highest BCUT2D eigenvalue weighted by atomic mass is 15.1. The van der Waals surface area contributed by atoms with Crippen molar-refractivity contribution >= 4 is 0 Å². The zero-order chi connectivity index (χ0) is 15.2. The number of H-pyrrole nitrogens is 1. The molecule has 21 heavy (non-hydrogen) atoms. The molecule has 0 unspecified atom stereocenters. The van der Waals surface area contributed by atoms with E-state index >= 15 is 0 Å². The maximum atomic E-state index is 9.11. The molecule has 2 heterocycles. The van der Waals surface area contributed by atoms with Crippen LogP contribution in [0.15, 0.2) is 12.3 Å². The molecule has 0 aliphatic carbocycles. The van der Waals surface area contributed by atoms with Gasteiger partial charge in [-0.1, -0.05) is 6.92 Å². The average Bonchev–Trinajstić information content (AvgIpc) is 2.82. The Morgan fingerprint density at radius 3 is 2.81 bits per heavy atom. The highest BCUT2D eigenvalue weighted by Crippen LogP contribution is 2.10. The number of nitrogens with zero attached hydrogens (tertiary/aromatic N) is 3. The Hall–Kier alpha value is -2.19. The molecule has 0 fully saturated rings. The molecule has 0 aliphatic heterocycles. The van der Waals surface area contributed by atoms with Gasteiger partial charge in [0.05, 0.1) is 17.0 Å². The summed E-state index contributed by atoms with van der Waals surface area (Å²) in [5.41, 5.74) is 6.07. The molecule has 0 saturated heterocycles. The Kier molecular flexibility index (Phi) is 5.07. The summed E-state index contributed by atoms with van der Waals surface area (Å²) in [4.78, 5) is 4.35. The normalized spacial score (nSPS) is 10.6. The second-order valence-electron chi connectivity index (χ2n) is 5.14. The van der Waals surface area contributed by atoms with Gasteiger partial charge in [-0.15, -0.1) is 0 Å². The smallest absolute Gasteiger partial charge is 0.101 e. The third-order valence-corrected chi connectivity index (χ3v) is 3.64. The lowest BCUT2D eigenvalue weighted by Gasteiger charge is -2.07. The van der Waals surface area contributed by atoms with Crippen LogP contribution in [0.1, 0.15) is 40.7 Å². The first kappa shape index (κ1) is 15.2. The highest BCUT2D eigenvalue weighted by Gasteiger charge is 2.06. The fourth-order valence-corrected chi connectivity index (χ4v) is 2.40. The van der Waals surface area contributed by atoms with Crippen molar-refractivity contribution in [3.8, 4) is 6.07 Å². The van der Waals surface area contributed by atoms with E-state index in [1.807, 2.05) is 33.0 Å². The number of hydrogen-bond donors (Lipinski definition) is 2. The zero-order valence-electron chi connectivity index (χ0n) is 12.8. The summed E-state index contributed by atoms with van der Waals surface area (Å²) in [6.45, 7) is 7.67. The second kappa shape index (κ2) is 7.00. The summed E-state index contributed by atoms with van der Waals surface area (Å²) in [5, 5.41) is 19.7. The van der Waals surface area contributed by atoms with Crippen LogP contribution in [-0.2, 0) is 19.4 Å². The number of pyridine rings is 1. The molecule has 0 amide bonds. The van der Waals surface area contributed by atoms with Crippen LogP contribution in [0.2, 0.25) is 0 Å². The fraction of sp³-hybridized carbons (Fsp3) is 0.438. The summed E-state index contributed by atoms with van der Waals surface area (Å²) in [6.07, 6.45) is 3.58. The molecule has 0 radical (unpaired) electrons. The lowest BCUT2D eigenvalue weighted by Crippen LogP contribution is -2.17. The van der Waals surface area contributed by atoms with E-state index < -0.39 is 0 Å².